The average Bonchev–Trinajstić information content (AvgIpc) is 3.29. The van der Waals surface area contributed by atoms with Crippen molar-refractivity contribution in [3.63, 3.8) is 0 Å². The predicted octanol–water partition coefficient (Wildman–Crippen LogP) is 4.08. The van der Waals surface area contributed by atoms with Crippen molar-refractivity contribution in [2.75, 3.05) is 11.9 Å². The minimum atomic E-state index is -3.24. The summed E-state index contributed by atoms with van der Waals surface area (Å²) in [5, 5.41) is 2.76. The molecule has 2 bridgehead atoms. The van der Waals surface area contributed by atoms with Gasteiger partial charge < -0.3 is 15.0 Å². The lowest BCUT2D eigenvalue weighted by molar-refractivity contribution is -0.154. The number of ether oxygens (including phenoxy) is 1. The number of halogens is 2. The number of anilines is 1. The lowest BCUT2D eigenvalue weighted by atomic mass is 9.61. The second-order valence-corrected chi connectivity index (χ2v) is 6.99. The monoisotopic (exact) mass is 435 g/mol. The highest BCUT2D eigenvalue weighted by Gasteiger charge is 2.48. The SMILES string of the molecule is [2H]C1C([2H])C2([2H])[C@H](C(=O)OCC)[C@@H](Nc3nc(-c4c[nH]c5ncc(F)cc45)ncc3F)C1([2H])C([2H])([2H])C2([2H])[2H]. The van der Waals surface area contributed by atoms with Gasteiger partial charge >= 0.3 is 5.97 Å². The molecule has 9 heteroatoms. The number of carbonyl (C=O) groups is 1. The third-order valence-corrected chi connectivity index (χ3v) is 5.11. The van der Waals surface area contributed by atoms with E-state index in [0.29, 0.717) is 0 Å². The van der Waals surface area contributed by atoms with Gasteiger partial charge in [0.15, 0.2) is 17.5 Å². The van der Waals surface area contributed by atoms with E-state index in [0.717, 1.165) is 18.5 Å². The van der Waals surface area contributed by atoms with Crippen LogP contribution in [0.25, 0.3) is 22.4 Å². The van der Waals surface area contributed by atoms with Crippen molar-refractivity contribution in [2.45, 2.75) is 38.5 Å². The first kappa shape index (κ1) is 12.7. The molecule has 0 radical (unpaired) electrons. The van der Waals surface area contributed by atoms with E-state index in [-0.39, 0.29) is 29.0 Å². The third kappa shape index (κ3) is 3.51. The number of carbonyl (C=O) groups excluding carboxylic acids is 1. The van der Waals surface area contributed by atoms with Crippen LogP contribution in [-0.2, 0) is 9.53 Å². The van der Waals surface area contributed by atoms with Crippen LogP contribution in [-0.4, -0.2) is 38.6 Å². The topological polar surface area (TPSA) is 92.8 Å². The van der Waals surface area contributed by atoms with Crippen LogP contribution in [0.2, 0.25) is 0 Å². The Morgan fingerprint density at radius 1 is 1.32 bits per heavy atom. The highest BCUT2D eigenvalue weighted by atomic mass is 19.1. The Hall–Kier alpha value is -3.10. The van der Waals surface area contributed by atoms with Crippen molar-refractivity contribution in [1.29, 1.82) is 0 Å². The van der Waals surface area contributed by atoms with E-state index in [9.17, 15) is 9.18 Å². The van der Waals surface area contributed by atoms with Crippen molar-refractivity contribution in [1.82, 2.24) is 19.9 Å². The zero-order chi connectivity index (χ0) is 28.7. The fourth-order valence-electron chi connectivity index (χ4n) is 3.69. The molecule has 3 aliphatic rings. The Balaban J connectivity index is 1.67. The normalized spacial score (nSPS) is 41.5. The van der Waals surface area contributed by atoms with Gasteiger partial charge in [0.2, 0.25) is 0 Å². The smallest absolute Gasteiger partial charge is 0.311 e. The quantitative estimate of drug-likeness (QED) is 0.587. The molecule has 2 N–H and O–H groups in total. The molecule has 0 saturated heterocycles. The number of fused-ring (bicyclic) bond motifs is 4. The van der Waals surface area contributed by atoms with Crippen LogP contribution >= 0.6 is 0 Å². The van der Waals surface area contributed by atoms with E-state index >= 15 is 4.39 Å². The fraction of sp³-hybridized carbons (Fsp3) is 0.455. The van der Waals surface area contributed by atoms with Crippen molar-refractivity contribution in [3.05, 3.63) is 36.3 Å². The van der Waals surface area contributed by atoms with E-state index < -0.39 is 72.7 Å². The zero-order valence-electron chi connectivity index (χ0n) is 24.2. The lowest BCUT2D eigenvalue weighted by Gasteiger charge is -2.47. The van der Waals surface area contributed by atoms with Gasteiger partial charge in [-0.2, -0.15) is 0 Å². The summed E-state index contributed by atoms with van der Waals surface area (Å²) in [5.74, 6) is -11.5. The van der Waals surface area contributed by atoms with Gasteiger partial charge in [-0.25, -0.2) is 23.7 Å². The number of H-pyrrole nitrogens is 1. The Morgan fingerprint density at radius 3 is 2.97 bits per heavy atom. The van der Waals surface area contributed by atoms with Crippen LogP contribution in [0.15, 0.2) is 24.7 Å². The molecule has 0 aliphatic heterocycles. The minimum Gasteiger partial charge on any atom is -0.466 e. The Labute approximate surface area is 188 Å². The van der Waals surface area contributed by atoms with Gasteiger partial charge in [0.25, 0.3) is 0 Å². The molecule has 7 nitrogen and oxygen atoms in total. The van der Waals surface area contributed by atoms with Gasteiger partial charge in [0.1, 0.15) is 11.5 Å². The van der Waals surface area contributed by atoms with Crippen molar-refractivity contribution < 1.29 is 29.3 Å². The first-order valence-corrected chi connectivity index (χ1v) is 9.57. The second kappa shape index (κ2) is 7.86. The molecular formula is C22H23F2N5O2. The summed E-state index contributed by atoms with van der Waals surface area (Å²) >= 11 is 0. The van der Waals surface area contributed by atoms with E-state index in [1.165, 1.54) is 13.1 Å². The summed E-state index contributed by atoms with van der Waals surface area (Å²) in [6.45, 7) is 1.24. The number of esters is 1. The van der Waals surface area contributed by atoms with Crippen LogP contribution in [0.5, 0.6) is 0 Å². The van der Waals surface area contributed by atoms with Crippen molar-refractivity contribution >= 4 is 22.8 Å². The molecule has 6 atom stereocenters. The van der Waals surface area contributed by atoms with Crippen LogP contribution in [0.1, 0.15) is 43.4 Å². The van der Waals surface area contributed by atoms with Crippen molar-refractivity contribution in [3.8, 4) is 11.4 Å². The number of rotatable bonds is 5. The molecule has 3 aromatic heterocycles. The number of aromatic nitrogens is 4. The van der Waals surface area contributed by atoms with E-state index in [1.54, 1.807) is 0 Å². The summed E-state index contributed by atoms with van der Waals surface area (Å²) in [6, 6.07) is -0.750. The van der Waals surface area contributed by atoms with Gasteiger partial charge in [-0.15, -0.1) is 0 Å². The molecule has 31 heavy (non-hydrogen) atoms. The van der Waals surface area contributed by atoms with Crippen molar-refractivity contribution in [2.24, 2.45) is 17.7 Å². The Morgan fingerprint density at radius 2 is 2.13 bits per heavy atom. The zero-order valence-corrected chi connectivity index (χ0v) is 16.2. The van der Waals surface area contributed by atoms with Gasteiger partial charge in [0.05, 0.1) is 24.9 Å². The number of nitrogens with zero attached hydrogens (tertiary/aromatic N) is 3. The predicted molar refractivity (Wildman–Crippen MR) is 110 cm³/mol. The molecular weight excluding hydrogens is 404 g/mol. The lowest BCUT2D eigenvalue weighted by Crippen LogP contribution is -2.52. The second-order valence-electron chi connectivity index (χ2n) is 6.99. The Bertz CT molecular complexity index is 1480. The molecule has 3 aromatic rings. The summed E-state index contributed by atoms with van der Waals surface area (Å²) in [7, 11) is 0. The molecule has 0 amide bonds. The Kier molecular flexibility index (Phi) is 3.22. The largest absolute Gasteiger partial charge is 0.466 e. The first-order chi connectivity index (χ1) is 18.1. The molecule has 6 rings (SSSR count). The number of hydrogen-bond donors (Lipinski definition) is 2. The molecule has 3 aliphatic carbocycles. The van der Waals surface area contributed by atoms with Gasteiger partial charge in [-0.3, -0.25) is 4.79 Å². The number of hydrogen-bond acceptors (Lipinski definition) is 6. The van der Waals surface area contributed by atoms with Crippen LogP contribution in [0, 0.1) is 29.3 Å². The number of pyridine rings is 1. The van der Waals surface area contributed by atoms with Gasteiger partial charge in [-0.05, 0) is 50.3 Å². The highest BCUT2D eigenvalue weighted by Crippen LogP contribution is 2.46. The fourth-order valence-corrected chi connectivity index (χ4v) is 3.69. The number of aromatic amines is 1. The summed E-state index contributed by atoms with van der Waals surface area (Å²) < 4.78 is 103. The highest BCUT2D eigenvalue weighted by molar-refractivity contribution is 5.91. The van der Waals surface area contributed by atoms with Gasteiger partial charge in [-0.1, -0.05) is 0 Å². The van der Waals surface area contributed by atoms with Crippen LogP contribution in [0.3, 0.4) is 0 Å². The minimum absolute atomic E-state index is 0.134. The van der Waals surface area contributed by atoms with E-state index in [1.807, 2.05) is 0 Å². The molecule has 3 saturated carbocycles. The average molecular weight is 436 g/mol. The molecule has 3 heterocycles. The summed E-state index contributed by atoms with van der Waals surface area (Å²) in [4.78, 5) is 27.9. The van der Waals surface area contributed by atoms with Crippen LogP contribution < -0.4 is 5.32 Å². The number of nitrogens with one attached hydrogen (secondary N) is 2. The summed E-state index contributed by atoms with van der Waals surface area (Å²) in [6.07, 6.45) is -7.35. The first-order valence-electron chi connectivity index (χ1n) is 13.7. The summed E-state index contributed by atoms with van der Waals surface area (Å²) in [5.41, 5.74) is 0.511. The molecule has 4 unspecified atom stereocenters. The maximum Gasteiger partial charge on any atom is 0.311 e. The van der Waals surface area contributed by atoms with E-state index in [4.69, 9.17) is 15.7 Å². The van der Waals surface area contributed by atoms with Crippen LogP contribution in [0.4, 0.5) is 14.6 Å². The molecule has 0 aromatic carbocycles. The third-order valence-electron chi connectivity index (χ3n) is 5.11. The maximum absolute atomic E-state index is 15.1. The molecule has 3 fully saturated rings. The molecule has 0 spiro atoms. The van der Waals surface area contributed by atoms with E-state index in [2.05, 4.69) is 25.3 Å². The maximum atomic E-state index is 15.1. The van der Waals surface area contributed by atoms with Gasteiger partial charge in [0, 0.05) is 34.2 Å². The molecule has 162 valence electrons. The standard InChI is InChI=1S/C22H23F2N5O2/c1-2-31-22(30)17-11-3-5-12(6-4-11)18(17)28-21-16(24)10-27-20(29-21)15-9-26-19-14(15)7-13(23)8-25-19/h7-12,17-18H,2-6H2,1H3,(H,25,26)(H,27,28,29)/t11?,12?,17-,18-/m0/s1/i3D,4D2,5D,6D2,11D,12D/t3?,5?,11?,12?,17-,18-.